The summed E-state index contributed by atoms with van der Waals surface area (Å²) in [7, 11) is 1.53. The summed E-state index contributed by atoms with van der Waals surface area (Å²) in [6.45, 7) is 6.30. The zero-order valence-electron chi connectivity index (χ0n) is 17.5. The number of nitrogens with one attached hydrogen (secondary N) is 2. The van der Waals surface area contributed by atoms with Crippen molar-refractivity contribution in [2.24, 2.45) is 0 Å². The van der Waals surface area contributed by atoms with Crippen LogP contribution in [0.3, 0.4) is 0 Å². The van der Waals surface area contributed by atoms with E-state index in [9.17, 15) is 0 Å². The first-order chi connectivity index (χ1) is 15.0. The minimum atomic E-state index is -0.508. The van der Waals surface area contributed by atoms with E-state index in [1.165, 1.54) is 13.4 Å². The van der Waals surface area contributed by atoms with E-state index >= 15 is 4.39 Å². The number of nitrogens with zero attached hydrogens (tertiary/aromatic N) is 4. The lowest BCUT2D eigenvalue weighted by Crippen LogP contribution is -2.49. The lowest BCUT2D eigenvalue weighted by molar-refractivity contribution is 0.419. The van der Waals surface area contributed by atoms with Gasteiger partial charge in [0, 0.05) is 36.8 Å². The molecule has 1 saturated heterocycles. The Kier molecular flexibility index (Phi) is 4.91. The third kappa shape index (κ3) is 3.09. The number of hydrogen-bond acceptors (Lipinski definition) is 6. The second-order valence-electron chi connectivity index (χ2n) is 7.81. The summed E-state index contributed by atoms with van der Waals surface area (Å²) in [5, 5.41) is 4.08. The number of H-pyrrole nitrogens is 1. The second-order valence-corrected chi connectivity index (χ2v) is 8.19. The number of aromatic nitrogens is 4. The van der Waals surface area contributed by atoms with Crippen LogP contribution < -0.4 is 15.0 Å². The van der Waals surface area contributed by atoms with Crippen molar-refractivity contribution in [3.63, 3.8) is 0 Å². The molecule has 2 N–H and O–H groups in total. The average molecular weight is 441 g/mol. The van der Waals surface area contributed by atoms with E-state index in [4.69, 9.17) is 16.3 Å². The highest BCUT2D eigenvalue weighted by atomic mass is 35.5. The first-order valence-corrected chi connectivity index (χ1v) is 10.5. The third-order valence-corrected chi connectivity index (χ3v) is 6.18. The van der Waals surface area contributed by atoms with Crippen molar-refractivity contribution in [1.82, 2.24) is 25.3 Å². The van der Waals surface area contributed by atoms with Gasteiger partial charge in [0.15, 0.2) is 11.6 Å². The van der Waals surface area contributed by atoms with E-state index in [1.807, 2.05) is 19.1 Å². The van der Waals surface area contributed by atoms with Crippen LogP contribution in [0, 0.1) is 12.7 Å². The van der Waals surface area contributed by atoms with Crippen molar-refractivity contribution in [2.45, 2.75) is 19.9 Å². The number of imidazole rings is 1. The monoisotopic (exact) mass is 440 g/mol. The highest BCUT2D eigenvalue weighted by Crippen LogP contribution is 2.47. The minimum Gasteiger partial charge on any atom is -0.494 e. The van der Waals surface area contributed by atoms with E-state index in [1.54, 1.807) is 6.33 Å². The lowest BCUT2D eigenvalue weighted by Gasteiger charge is -2.33. The van der Waals surface area contributed by atoms with E-state index in [0.29, 0.717) is 28.0 Å². The molecule has 1 fully saturated rings. The molecule has 0 amide bonds. The number of rotatable bonds is 3. The Morgan fingerprint density at radius 3 is 2.81 bits per heavy atom. The molecule has 0 aliphatic carbocycles. The Labute approximate surface area is 183 Å². The first-order valence-electron chi connectivity index (χ1n) is 10.1. The maximum atomic E-state index is 16.1. The highest BCUT2D eigenvalue weighted by molar-refractivity contribution is 6.37. The molecule has 3 heterocycles. The summed E-state index contributed by atoms with van der Waals surface area (Å²) in [6.07, 6.45) is 2.98. The molecule has 2 aromatic heterocycles. The number of fused-ring (bicyclic) bond motifs is 2. The molecule has 9 heteroatoms. The van der Waals surface area contributed by atoms with Crippen molar-refractivity contribution in [1.29, 1.82) is 0 Å². The molecule has 4 aromatic rings. The standard InChI is InChI=1S/C22H22ClFN6O/c1-11-4-5-13-19(27-9-26-13)14(11)15-17(23)21(31-3)16-20(18(15)24)28-10-29-22(16)30-7-6-25-12(2)8-30/h4-5,9-10,12,25H,6-8H2,1-3H3,(H,26,27)/t12-/m1/s1. The van der Waals surface area contributed by atoms with Gasteiger partial charge in [0.25, 0.3) is 0 Å². The predicted molar refractivity (Wildman–Crippen MR) is 121 cm³/mol. The molecule has 0 bridgehead atoms. The Morgan fingerprint density at radius 1 is 1.19 bits per heavy atom. The molecule has 160 valence electrons. The Hall–Kier alpha value is -2.97. The zero-order valence-corrected chi connectivity index (χ0v) is 18.2. The number of piperazine rings is 1. The average Bonchev–Trinajstić information content (AvgIpc) is 3.24. The van der Waals surface area contributed by atoms with Crippen molar-refractivity contribution < 1.29 is 9.13 Å². The van der Waals surface area contributed by atoms with Crippen molar-refractivity contribution in [2.75, 3.05) is 31.6 Å². The van der Waals surface area contributed by atoms with Gasteiger partial charge < -0.3 is 19.9 Å². The van der Waals surface area contributed by atoms with Crippen LogP contribution in [0.1, 0.15) is 12.5 Å². The van der Waals surface area contributed by atoms with Gasteiger partial charge in [-0.05, 0) is 25.5 Å². The van der Waals surface area contributed by atoms with E-state index in [0.717, 1.165) is 30.7 Å². The van der Waals surface area contributed by atoms with Crippen LogP contribution in [0.4, 0.5) is 10.2 Å². The second kappa shape index (κ2) is 7.62. The molecular weight excluding hydrogens is 419 g/mol. The summed E-state index contributed by atoms with van der Waals surface area (Å²) >= 11 is 6.82. The Balaban J connectivity index is 1.84. The van der Waals surface area contributed by atoms with Crippen molar-refractivity contribution in [3.05, 3.63) is 41.2 Å². The first kappa shape index (κ1) is 20.0. The van der Waals surface area contributed by atoms with Gasteiger partial charge in [-0.3, -0.25) is 0 Å². The normalized spacial score (nSPS) is 16.9. The van der Waals surface area contributed by atoms with Crippen LogP contribution >= 0.6 is 11.6 Å². The van der Waals surface area contributed by atoms with Crippen LogP contribution in [0.25, 0.3) is 33.1 Å². The molecule has 0 saturated carbocycles. The van der Waals surface area contributed by atoms with Gasteiger partial charge in [-0.2, -0.15) is 0 Å². The largest absolute Gasteiger partial charge is 0.494 e. The minimum absolute atomic E-state index is 0.180. The van der Waals surface area contributed by atoms with Gasteiger partial charge in [0.1, 0.15) is 17.7 Å². The number of ether oxygens (including phenoxy) is 1. The SMILES string of the molecule is COc1c(Cl)c(-c2c(C)ccc3[nH]cnc23)c(F)c2ncnc(N3CCN[C@H](C)C3)c12. The van der Waals surface area contributed by atoms with Gasteiger partial charge in [-0.25, -0.2) is 19.3 Å². The Morgan fingerprint density at radius 2 is 2.03 bits per heavy atom. The fourth-order valence-corrected chi connectivity index (χ4v) is 4.74. The van der Waals surface area contributed by atoms with Crippen LogP contribution in [-0.4, -0.2) is 52.7 Å². The number of aryl methyl sites for hydroxylation is 1. The summed E-state index contributed by atoms with van der Waals surface area (Å²) in [5.74, 6) is 0.477. The zero-order chi connectivity index (χ0) is 21.7. The number of halogens is 2. The van der Waals surface area contributed by atoms with Crippen molar-refractivity contribution >= 4 is 39.4 Å². The van der Waals surface area contributed by atoms with Crippen LogP contribution in [-0.2, 0) is 0 Å². The van der Waals surface area contributed by atoms with Gasteiger partial charge in [0.05, 0.1) is 34.9 Å². The number of hydrogen-bond donors (Lipinski definition) is 2. The molecule has 2 aromatic carbocycles. The number of benzene rings is 2. The summed E-state index contributed by atoms with van der Waals surface area (Å²) in [6, 6.07) is 4.11. The summed E-state index contributed by atoms with van der Waals surface area (Å²) in [5.41, 5.74) is 3.34. The molecule has 0 spiro atoms. The maximum Gasteiger partial charge on any atom is 0.159 e. The Bertz CT molecular complexity index is 1310. The van der Waals surface area contributed by atoms with Crippen LogP contribution in [0.2, 0.25) is 5.02 Å². The fraction of sp³-hybridized carbons (Fsp3) is 0.318. The van der Waals surface area contributed by atoms with Crippen LogP contribution in [0.5, 0.6) is 5.75 Å². The maximum absolute atomic E-state index is 16.1. The third-order valence-electron chi connectivity index (χ3n) is 5.82. The topological polar surface area (TPSA) is 79.0 Å². The molecule has 1 atom stereocenters. The number of aromatic amines is 1. The molecule has 1 aliphatic rings. The molecule has 1 aliphatic heterocycles. The molecule has 0 radical (unpaired) electrons. The molecular formula is C22H22ClFN6O. The molecule has 7 nitrogen and oxygen atoms in total. The quantitative estimate of drug-likeness (QED) is 0.499. The molecule has 0 unspecified atom stereocenters. The number of anilines is 1. The lowest BCUT2D eigenvalue weighted by atomic mass is 9.96. The van der Waals surface area contributed by atoms with E-state index in [-0.39, 0.29) is 22.1 Å². The van der Waals surface area contributed by atoms with Crippen LogP contribution in [0.15, 0.2) is 24.8 Å². The van der Waals surface area contributed by atoms with Gasteiger partial charge in [0.2, 0.25) is 0 Å². The van der Waals surface area contributed by atoms with Crippen molar-refractivity contribution in [3.8, 4) is 16.9 Å². The van der Waals surface area contributed by atoms with Gasteiger partial charge in [-0.15, -0.1) is 0 Å². The van der Waals surface area contributed by atoms with Gasteiger partial charge >= 0.3 is 0 Å². The number of methoxy groups -OCH3 is 1. The highest BCUT2D eigenvalue weighted by Gasteiger charge is 2.29. The predicted octanol–water partition coefficient (Wildman–Crippen LogP) is 4.08. The fourth-order valence-electron chi connectivity index (χ4n) is 4.39. The summed E-state index contributed by atoms with van der Waals surface area (Å²) in [4.78, 5) is 18.4. The van der Waals surface area contributed by atoms with E-state index in [2.05, 4.69) is 37.1 Å². The molecule has 31 heavy (non-hydrogen) atoms. The molecule has 5 rings (SSSR count). The van der Waals surface area contributed by atoms with Gasteiger partial charge in [-0.1, -0.05) is 17.7 Å². The smallest absolute Gasteiger partial charge is 0.159 e. The van der Waals surface area contributed by atoms with E-state index < -0.39 is 5.82 Å². The summed E-state index contributed by atoms with van der Waals surface area (Å²) < 4.78 is 21.8.